The highest BCUT2D eigenvalue weighted by Gasteiger charge is 2.43. The van der Waals surface area contributed by atoms with E-state index in [1.54, 1.807) is 13.8 Å². The Kier molecular flexibility index (Phi) is 3.88. The van der Waals surface area contributed by atoms with Crippen molar-refractivity contribution in [2.45, 2.75) is 26.2 Å². The Balaban J connectivity index is 2.63. The second-order valence-corrected chi connectivity index (χ2v) is 4.76. The molecule has 0 bridgehead atoms. The van der Waals surface area contributed by atoms with Crippen LogP contribution in [0.3, 0.4) is 0 Å². The summed E-state index contributed by atoms with van der Waals surface area (Å²) in [4.78, 5) is 7.39. The predicted octanol–water partition coefficient (Wildman–Crippen LogP) is 4.80. The van der Waals surface area contributed by atoms with Crippen LogP contribution in [0, 0.1) is 13.8 Å². The lowest BCUT2D eigenvalue weighted by Crippen LogP contribution is -2.17. The fourth-order valence-electron chi connectivity index (χ4n) is 1.82. The number of alkyl halides is 6. The summed E-state index contributed by atoms with van der Waals surface area (Å²) in [6, 6.07) is 1.85. The Labute approximate surface area is 121 Å². The van der Waals surface area contributed by atoms with Crippen LogP contribution in [0.2, 0.25) is 0 Å². The molecule has 2 aromatic heterocycles. The van der Waals surface area contributed by atoms with E-state index in [-0.39, 0.29) is 17.6 Å². The Bertz CT molecular complexity index is 703. The first-order chi connectivity index (χ1) is 10.00. The van der Waals surface area contributed by atoms with Crippen molar-refractivity contribution in [1.82, 2.24) is 9.97 Å². The third-order valence-corrected chi connectivity index (χ3v) is 3.15. The molecule has 0 aliphatic carbocycles. The highest BCUT2D eigenvalue weighted by Crippen LogP contribution is 2.41. The number of rotatable bonds is 1. The first-order valence-corrected chi connectivity index (χ1v) is 6.08. The summed E-state index contributed by atoms with van der Waals surface area (Å²) in [5.41, 5.74) is -2.20. The van der Waals surface area contributed by atoms with E-state index in [0.29, 0.717) is 6.07 Å². The highest BCUT2D eigenvalue weighted by atomic mass is 19.4. The van der Waals surface area contributed by atoms with Gasteiger partial charge in [-0.25, -0.2) is 0 Å². The average molecular weight is 320 g/mol. The van der Waals surface area contributed by atoms with Crippen molar-refractivity contribution in [1.29, 1.82) is 0 Å². The zero-order valence-electron chi connectivity index (χ0n) is 11.5. The summed E-state index contributed by atoms with van der Waals surface area (Å²) < 4.78 is 76.6. The van der Waals surface area contributed by atoms with Crippen LogP contribution in [0.15, 0.2) is 24.5 Å². The molecule has 2 aromatic rings. The zero-order valence-corrected chi connectivity index (χ0v) is 11.5. The zero-order chi connectivity index (χ0) is 16.7. The molecular formula is C14H10F6N2. The van der Waals surface area contributed by atoms with Crippen LogP contribution < -0.4 is 0 Å². The highest BCUT2D eigenvalue weighted by molar-refractivity contribution is 5.57. The normalized spacial score (nSPS) is 12.5. The fourth-order valence-corrected chi connectivity index (χ4v) is 1.82. The van der Waals surface area contributed by atoms with Crippen LogP contribution in [-0.2, 0) is 12.4 Å². The summed E-state index contributed by atoms with van der Waals surface area (Å²) in [6.07, 6.45) is -8.65. The number of pyridine rings is 2. The first kappa shape index (κ1) is 16.3. The van der Waals surface area contributed by atoms with Gasteiger partial charge >= 0.3 is 12.4 Å². The smallest absolute Gasteiger partial charge is 0.254 e. The Morgan fingerprint density at radius 2 is 1.18 bits per heavy atom. The van der Waals surface area contributed by atoms with Gasteiger partial charge in [0.05, 0.1) is 22.5 Å². The van der Waals surface area contributed by atoms with Gasteiger partial charge in [0.15, 0.2) is 0 Å². The summed E-state index contributed by atoms with van der Waals surface area (Å²) >= 11 is 0. The number of nitrogens with zero attached hydrogens (tertiary/aromatic N) is 2. The third kappa shape index (κ3) is 3.20. The van der Waals surface area contributed by atoms with Crippen molar-refractivity contribution in [3.8, 4) is 11.4 Å². The second kappa shape index (κ2) is 5.26. The van der Waals surface area contributed by atoms with E-state index < -0.39 is 23.5 Å². The number of aryl methyl sites for hydroxylation is 2. The summed E-state index contributed by atoms with van der Waals surface area (Å²) in [5, 5.41) is 0. The molecule has 0 aliphatic heterocycles. The first-order valence-electron chi connectivity index (χ1n) is 6.08. The third-order valence-electron chi connectivity index (χ3n) is 3.15. The van der Waals surface area contributed by atoms with Crippen LogP contribution in [0.1, 0.15) is 22.3 Å². The van der Waals surface area contributed by atoms with Crippen LogP contribution >= 0.6 is 0 Å². The molecule has 0 aromatic carbocycles. The largest absolute Gasteiger partial charge is 0.418 e. The molecule has 0 atom stereocenters. The molecule has 2 nitrogen and oxygen atoms in total. The monoisotopic (exact) mass is 320 g/mol. The second-order valence-electron chi connectivity index (χ2n) is 4.76. The molecule has 0 fully saturated rings. The number of hydrogen-bond acceptors (Lipinski definition) is 2. The minimum absolute atomic E-state index is 0.0855. The molecule has 0 saturated carbocycles. The maximum Gasteiger partial charge on any atom is 0.418 e. The molecule has 2 rings (SSSR count). The van der Waals surface area contributed by atoms with Crippen molar-refractivity contribution in [3.63, 3.8) is 0 Å². The van der Waals surface area contributed by atoms with Crippen molar-refractivity contribution in [2.75, 3.05) is 0 Å². The van der Waals surface area contributed by atoms with E-state index in [9.17, 15) is 26.3 Å². The van der Waals surface area contributed by atoms with E-state index in [1.165, 1.54) is 12.3 Å². The molecule has 0 N–H and O–H groups in total. The summed E-state index contributed by atoms with van der Waals surface area (Å²) in [6.45, 7) is 3.47. The Morgan fingerprint density at radius 3 is 1.68 bits per heavy atom. The van der Waals surface area contributed by atoms with Gasteiger partial charge in [-0.15, -0.1) is 0 Å². The lowest BCUT2D eigenvalue weighted by molar-refractivity contribution is -0.162. The van der Waals surface area contributed by atoms with Gasteiger partial charge in [0, 0.05) is 12.4 Å². The van der Waals surface area contributed by atoms with Gasteiger partial charge in [-0.3, -0.25) is 9.97 Å². The molecule has 0 amide bonds. The summed E-state index contributed by atoms with van der Waals surface area (Å²) in [7, 11) is 0. The molecule has 0 radical (unpaired) electrons. The average Bonchev–Trinajstić information content (AvgIpc) is 2.39. The Morgan fingerprint density at radius 1 is 0.682 bits per heavy atom. The van der Waals surface area contributed by atoms with Gasteiger partial charge in [0.25, 0.3) is 0 Å². The van der Waals surface area contributed by atoms with Crippen molar-refractivity contribution in [2.24, 2.45) is 0 Å². The molecule has 0 spiro atoms. The molecule has 0 saturated heterocycles. The van der Waals surface area contributed by atoms with Gasteiger partial charge in [-0.1, -0.05) is 0 Å². The van der Waals surface area contributed by atoms with Gasteiger partial charge in [-0.2, -0.15) is 26.3 Å². The quantitative estimate of drug-likeness (QED) is 0.706. The SMILES string of the molecule is Cc1cnc(-c2cc(C(F)(F)F)c(C(F)(F)F)cn2)cc1C. The van der Waals surface area contributed by atoms with Gasteiger partial charge in [0.2, 0.25) is 0 Å². The van der Waals surface area contributed by atoms with Crippen LogP contribution in [0.5, 0.6) is 0 Å². The lowest BCUT2D eigenvalue weighted by Gasteiger charge is -2.16. The fraction of sp³-hybridized carbons (Fsp3) is 0.286. The van der Waals surface area contributed by atoms with Crippen molar-refractivity contribution < 1.29 is 26.3 Å². The van der Waals surface area contributed by atoms with Crippen LogP contribution in [0.25, 0.3) is 11.4 Å². The molecule has 118 valence electrons. The molecule has 22 heavy (non-hydrogen) atoms. The number of halogens is 6. The van der Waals surface area contributed by atoms with Crippen LogP contribution in [-0.4, -0.2) is 9.97 Å². The van der Waals surface area contributed by atoms with E-state index >= 15 is 0 Å². The molecule has 8 heteroatoms. The standard InChI is InChI=1S/C14H10F6N2/c1-7-3-11(21-5-8(7)2)12-4-9(13(15,16)17)10(6-22-12)14(18,19)20/h3-6H,1-2H3. The maximum absolute atomic E-state index is 12.9. The minimum Gasteiger partial charge on any atom is -0.254 e. The predicted molar refractivity (Wildman–Crippen MR) is 66.9 cm³/mol. The van der Waals surface area contributed by atoms with Gasteiger partial charge < -0.3 is 0 Å². The molecule has 0 aliphatic rings. The topological polar surface area (TPSA) is 25.8 Å². The molecule has 0 unspecified atom stereocenters. The van der Waals surface area contributed by atoms with Gasteiger partial charge in [-0.05, 0) is 37.1 Å². The number of aromatic nitrogens is 2. The lowest BCUT2D eigenvalue weighted by atomic mass is 10.1. The van der Waals surface area contributed by atoms with Crippen molar-refractivity contribution in [3.05, 3.63) is 46.8 Å². The van der Waals surface area contributed by atoms with E-state index in [2.05, 4.69) is 9.97 Å². The van der Waals surface area contributed by atoms with E-state index in [1.807, 2.05) is 0 Å². The minimum atomic E-state index is -5.14. The maximum atomic E-state index is 12.9. The van der Waals surface area contributed by atoms with Crippen LogP contribution in [0.4, 0.5) is 26.3 Å². The van der Waals surface area contributed by atoms with Gasteiger partial charge in [0.1, 0.15) is 0 Å². The van der Waals surface area contributed by atoms with E-state index in [0.717, 1.165) is 11.1 Å². The van der Waals surface area contributed by atoms with E-state index in [4.69, 9.17) is 0 Å². The molecular weight excluding hydrogens is 310 g/mol. The summed E-state index contributed by atoms with van der Waals surface area (Å²) in [5.74, 6) is 0. The van der Waals surface area contributed by atoms with Crippen molar-refractivity contribution >= 4 is 0 Å². The Hall–Kier alpha value is -2.12. The number of hydrogen-bond donors (Lipinski definition) is 0. The molecule has 2 heterocycles.